The molecular weight excluding hydrogens is 457 g/mol. The van der Waals surface area contributed by atoms with Gasteiger partial charge in [-0.05, 0) is 55.0 Å². The highest BCUT2D eigenvalue weighted by Gasteiger charge is 2.54. The molecule has 0 aliphatic heterocycles. The summed E-state index contributed by atoms with van der Waals surface area (Å²) in [5.74, 6) is 0. The van der Waals surface area contributed by atoms with Gasteiger partial charge in [0.1, 0.15) is 0 Å². The van der Waals surface area contributed by atoms with Crippen LogP contribution in [0.2, 0.25) is 5.02 Å². The van der Waals surface area contributed by atoms with Crippen molar-refractivity contribution in [2.24, 2.45) is 0 Å². The van der Waals surface area contributed by atoms with Crippen LogP contribution in [0.1, 0.15) is 32.3 Å². The average Bonchev–Trinajstić information content (AvgIpc) is 2.70. The first-order chi connectivity index (χ1) is 14.5. The van der Waals surface area contributed by atoms with Crippen LogP contribution in [0.5, 0.6) is 0 Å². The molecule has 0 aliphatic rings. The largest absolute Gasteiger partial charge is 0.351 e. The van der Waals surface area contributed by atoms with Crippen molar-refractivity contribution in [1.29, 1.82) is 0 Å². The molecule has 0 unspecified atom stereocenters. The Morgan fingerprint density at radius 3 is 2.19 bits per heavy atom. The second kappa shape index (κ2) is 8.57. The summed E-state index contributed by atoms with van der Waals surface area (Å²) in [6, 6.07) is 16.6. The Bertz CT molecular complexity index is 1240. The third-order valence-corrected chi connectivity index (χ3v) is 9.72. The van der Waals surface area contributed by atoms with Crippen LogP contribution in [0.15, 0.2) is 65.6 Å². The van der Waals surface area contributed by atoms with E-state index in [0.717, 1.165) is 9.69 Å². The first kappa shape index (κ1) is 23.8. The molecular formula is C22H25ClNO5PS. The molecule has 0 saturated carbocycles. The molecule has 2 N–H and O–H groups in total. The Morgan fingerprint density at radius 1 is 1.00 bits per heavy atom. The molecule has 9 heteroatoms. The predicted octanol–water partition coefficient (Wildman–Crippen LogP) is 5.69. The van der Waals surface area contributed by atoms with Crippen LogP contribution >= 0.6 is 19.2 Å². The lowest BCUT2D eigenvalue weighted by Crippen LogP contribution is -2.51. The maximum atomic E-state index is 14.0. The van der Waals surface area contributed by atoms with E-state index in [-0.39, 0.29) is 28.4 Å². The van der Waals surface area contributed by atoms with Crippen molar-refractivity contribution in [3.8, 4) is 0 Å². The molecule has 0 atom stereocenters. The van der Waals surface area contributed by atoms with Gasteiger partial charge in [-0.2, -0.15) is 0 Å². The van der Waals surface area contributed by atoms with Crippen molar-refractivity contribution in [3.05, 3.63) is 71.2 Å². The summed E-state index contributed by atoms with van der Waals surface area (Å²) in [5, 5.41) is -0.404. The molecule has 3 aromatic rings. The Kier molecular flexibility index (Phi) is 6.57. The molecule has 0 aliphatic carbocycles. The maximum absolute atomic E-state index is 14.0. The number of nitrogens with zero attached hydrogens (tertiary/aromatic N) is 1. The van der Waals surface area contributed by atoms with E-state index in [9.17, 15) is 22.8 Å². The van der Waals surface area contributed by atoms with E-state index < -0.39 is 22.9 Å². The fraction of sp³-hybridized carbons (Fsp3) is 0.273. The summed E-state index contributed by atoms with van der Waals surface area (Å²) >= 11 is 6.14. The van der Waals surface area contributed by atoms with Crippen LogP contribution in [0, 0.1) is 6.92 Å². The second-order valence-corrected chi connectivity index (χ2v) is 11.6. The lowest BCUT2D eigenvalue weighted by Gasteiger charge is -2.43. The van der Waals surface area contributed by atoms with Gasteiger partial charge in [-0.25, -0.2) is 12.7 Å². The molecule has 31 heavy (non-hydrogen) atoms. The average molecular weight is 482 g/mol. The molecule has 0 saturated heterocycles. The van der Waals surface area contributed by atoms with E-state index in [1.54, 1.807) is 51.1 Å². The van der Waals surface area contributed by atoms with Gasteiger partial charge in [0, 0.05) is 10.4 Å². The van der Waals surface area contributed by atoms with E-state index >= 15 is 0 Å². The monoisotopic (exact) mass is 481 g/mol. The number of hydrogen-bond acceptors (Lipinski definition) is 3. The summed E-state index contributed by atoms with van der Waals surface area (Å²) in [7, 11) is -9.33. The van der Waals surface area contributed by atoms with Crippen molar-refractivity contribution in [1.82, 2.24) is 0 Å². The number of sulfonamides is 1. The van der Waals surface area contributed by atoms with Crippen LogP contribution in [0.25, 0.3) is 10.8 Å². The van der Waals surface area contributed by atoms with Crippen LogP contribution in [-0.4, -0.2) is 23.5 Å². The molecule has 166 valence electrons. The third kappa shape index (κ3) is 4.13. The lowest BCUT2D eigenvalue weighted by atomic mass is 10.1. The van der Waals surface area contributed by atoms with Crippen molar-refractivity contribution in [3.63, 3.8) is 0 Å². The SMILES string of the molecule is CCC(CC)(N(c1cccc2ccccc12)S(=O)(=O)c1cc(C)cc(Cl)c1)P(=O)(O)O. The topological polar surface area (TPSA) is 94.9 Å². The van der Waals surface area contributed by atoms with E-state index in [2.05, 4.69) is 0 Å². The number of halogens is 1. The van der Waals surface area contributed by atoms with E-state index in [1.807, 2.05) is 18.2 Å². The minimum atomic E-state index is -4.93. The van der Waals surface area contributed by atoms with Crippen molar-refractivity contribution in [2.75, 3.05) is 4.31 Å². The molecule has 3 aromatic carbocycles. The number of benzene rings is 3. The van der Waals surface area contributed by atoms with Gasteiger partial charge in [-0.15, -0.1) is 0 Å². The van der Waals surface area contributed by atoms with Crippen LogP contribution < -0.4 is 4.31 Å². The highest BCUT2D eigenvalue weighted by atomic mass is 35.5. The van der Waals surface area contributed by atoms with Gasteiger partial charge in [-0.3, -0.25) is 4.57 Å². The summed E-state index contributed by atoms with van der Waals surface area (Å²) in [6.07, 6.45) is -0.175. The van der Waals surface area contributed by atoms with Gasteiger partial charge in [0.05, 0.1) is 10.6 Å². The highest BCUT2D eigenvalue weighted by Crippen LogP contribution is 2.59. The zero-order valence-electron chi connectivity index (χ0n) is 17.5. The summed E-state index contributed by atoms with van der Waals surface area (Å²) < 4.78 is 41.8. The second-order valence-electron chi connectivity index (χ2n) is 7.47. The minimum absolute atomic E-state index is 0.0875. The fourth-order valence-corrected chi connectivity index (χ4v) is 8.10. The summed E-state index contributed by atoms with van der Waals surface area (Å²) in [4.78, 5) is 20.7. The number of aryl methyl sites for hydroxylation is 1. The van der Waals surface area contributed by atoms with E-state index in [0.29, 0.717) is 10.9 Å². The highest BCUT2D eigenvalue weighted by molar-refractivity contribution is 7.93. The number of fused-ring (bicyclic) bond motifs is 1. The van der Waals surface area contributed by atoms with Crippen LogP contribution in [-0.2, 0) is 14.6 Å². The molecule has 0 amide bonds. The summed E-state index contributed by atoms with van der Waals surface area (Å²) in [5.41, 5.74) is 0.835. The van der Waals surface area contributed by atoms with Crippen molar-refractivity contribution < 1.29 is 22.8 Å². The summed E-state index contributed by atoms with van der Waals surface area (Å²) in [6.45, 7) is 4.88. The standard InChI is InChI=1S/C22H25ClNO5PS/c1-4-22(5-2,30(25,26)27)24(21-12-8-10-17-9-6-7-11-20(17)21)31(28,29)19-14-16(3)13-18(23)15-19/h6-15H,4-5H2,1-3H3,(H2,25,26,27). The number of anilines is 1. The molecule has 0 heterocycles. The Morgan fingerprint density at radius 2 is 1.61 bits per heavy atom. The van der Waals surface area contributed by atoms with E-state index in [4.69, 9.17) is 11.6 Å². The van der Waals surface area contributed by atoms with Crippen molar-refractivity contribution in [2.45, 2.75) is 43.8 Å². The van der Waals surface area contributed by atoms with Gasteiger partial charge in [0.15, 0.2) is 5.28 Å². The van der Waals surface area contributed by atoms with E-state index in [1.165, 1.54) is 12.1 Å². The van der Waals surface area contributed by atoms with Crippen LogP contribution in [0.4, 0.5) is 5.69 Å². The minimum Gasteiger partial charge on any atom is -0.323 e. The molecule has 0 radical (unpaired) electrons. The van der Waals surface area contributed by atoms with Gasteiger partial charge in [0.25, 0.3) is 10.0 Å². The predicted molar refractivity (Wildman–Crippen MR) is 125 cm³/mol. The molecule has 0 bridgehead atoms. The smallest absolute Gasteiger partial charge is 0.323 e. The lowest BCUT2D eigenvalue weighted by molar-refractivity contribution is 0.317. The quantitative estimate of drug-likeness (QED) is 0.422. The van der Waals surface area contributed by atoms with Gasteiger partial charge in [0.2, 0.25) is 0 Å². The zero-order valence-corrected chi connectivity index (χ0v) is 20.0. The Labute approximate surface area is 187 Å². The van der Waals surface area contributed by atoms with Crippen molar-refractivity contribution >= 4 is 45.7 Å². The van der Waals surface area contributed by atoms with Gasteiger partial charge < -0.3 is 9.79 Å². The third-order valence-electron chi connectivity index (χ3n) is 5.59. The number of hydrogen-bond donors (Lipinski definition) is 2. The van der Waals surface area contributed by atoms with Gasteiger partial charge in [-0.1, -0.05) is 61.8 Å². The molecule has 0 fully saturated rings. The zero-order chi connectivity index (χ0) is 23.0. The molecule has 0 aromatic heterocycles. The fourth-order valence-electron chi connectivity index (χ4n) is 3.99. The number of rotatable bonds is 7. The Balaban J connectivity index is 2.46. The molecule has 0 spiro atoms. The Hall–Kier alpha value is -1.89. The first-order valence-electron chi connectivity index (χ1n) is 9.84. The maximum Gasteiger partial charge on any atom is 0.351 e. The molecule has 3 rings (SSSR count). The normalized spacial score (nSPS) is 12.8. The van der Waals surface area contributed by atoms with Crippen LogP contribution in [0.3, 0.4) is 0 Å². The van der Waals surface area contributed by atoms with Gasteiger partial charge >= 0.3 is 7.60 Å². The molecule has 6 nitrogen and oxygen atoms in total. The first-order valence-corrected chi connectivity index (χ1v) is 13.3.